The maximum absolute atomic E-state index is 13.1. The summed E-state index contributed by atoms with van der Waals surface area (Å²) in [4.78, 5) is 15.1. The Morgan fingerprint density at radius 3 is 2.75 bits per heavy atom. The minimum Gasteiger partial charge on any atom is -0.497 e. The summed E-state index contributed by atoms with van der Waals surface area (Å²) in [5.41, 5.74) is 1.03. The monoisotopic (exact) mass is 351 g/mol. The molecule has 0 unspecified atom stereocenters. The van der Waals surface area contributed by atoms with E-state index in [0.29, 0.717) is 0 Å². The molecule has 1 heterocycles. The van der Waals surface area contributed by atoms with Gasteiger partial charge in [0.2, 0.25) is 5.91 Å². The normalized spacial score (nSPS) is 18.5. The molecule has 1 aliphatic heterocycles. The second-order valence-electron chi connectivity index (χ2n) is 6.11. The number of amides is 1. The van der Waals surface area contributed by atoms with Gasteiger partial charge in [0.1, 0.15) is 16.9 Å². The summed E-state index contributed by atoms with van der Waals surface area (Å²) in [6.07, 6.45) is 4.13. The summed E-state index contributed by atoms with van der Waals surface area (Å²) in [6.45, 7) is 5.09. The zero-order valence-corrected chi connectivity index (χ0v) is 16.0. The summed E-state index contributed by atoms with van der Waals surface area (Å²) in [7, 11) is 3.33. The molecule has 4 nitrogen and oxygen atoms in total. The van der Waals surface area contributed by atoms with Crippen molar-refractivity contribution >= 4 is 17.7 Å². The lowest BCUT2D eigenvalue weighted by atomic mass is 9.97. The molecule has 1 aromatic rings. The molecule has 134 valence electrons. The average Bonchev–Trinajstić information content (AvgIpc) is 3.11. The quantitative estimate of drug-likeness (QED) is 0.691. The Morgan fingerprint density at radius 1 is 1.33 bits per heavy atom. The number of methoxy groups -OCH3 is 2. The molecule has 0 bridgehead atoms. The van der Waals surface area contributed by atoms with Crippen LogP contribution in [0, 0.1) is 5.92 Å². The smallest absolute Gasteiger partial charge is 0.226 e. The van der Waals surface area contributed by atoms with Crippen molar-refractivity contribution in [2.75, 3.05) is 26.5 Å². The van der Waals surface area contributed by atoms with Gasteiger partial charge in [-0.25, -0.2) is 0 Å². The van der Waals surface area contributed by atoms with E-state index in [2.05, 4.69) is 13.8 Å². The van der Waals surface area contributed by atoms with Gasteiger partial charge in [0.25, 0.3) is 0 Å². The van der Waals surface area contributed by atoms with Crippen molar-refractivity contribution < 1.29 is 14.3 Å². The van der Waals surface area contributed by atoms with E-state index >= 15 is 0 Å². The van der Waals surface area contributed by atoms with Gasteiger partial charge in [0.05, 0.1) is 14.2 Å². The molecule has 0 spiro atoms. The highest BCUT2D eigenvalue weighted by Gasteiger charge is 2.35. The maximum atomic E-state index is 13.1. The van der Waals surface area contributed by atoms with E-state index in [0.717, 1.165) is 55.0 Å². The topological polar surface area (TPSA) is 38.8 Å². The number of hydrogen-bond acceptors (Lipinski definition) is 4. The van der Waals surface area contributed by atoms with Crippen molar-refractivity contribution in [2.24, 2.45) is 5.92 Å². The fourth-order valence-electron chi connectivity index (χ4n) is 3.17. The second kappa shape index (κ2) is 9.21. The van der Waals surface area contributed by atoms with Crippen LogP contribution in [0.4, 0.5) is 0 Å². The van der Waals surface area contributed by atoms with Gasteiger partial charge in [-0.05, 0) is 31.0 Å². The molecule has 1 saturated heterocycles. The standard InChI is InChI=1S/C19H29NO3S/c1-5-7-8-14(6-2)18(21)20-11-12-24-19(20)16-13-15(22-3)9-10-17(16)23-4/h9-10,13-14,19H,5-8,11-12H2,1-4H3/t14-,19+/m0/s1. The summed E-state index contributed by atoms with van der Waals surface area (Å²) < 4.78 is 10.9. The third kappa shape index (κ3) is 4.18. The van der Waals surface area contributed by atoms with Gasteiger partial charge in [-0.15, -0.1) is 11.8 Å². The number of unbranched alkanes of at least 4 members (excludes halogenated alkanes) is 1. The number of benzene rings is 1. The van der Waals surface area contributed by atoms with Gasteiger partial charge in [0, 0.05) is 23.8 Å². The van der Waals surface area contributed by atoms with Crippen LogP contribution in [0.25, 0.3) is 0 Å². The van der Waals surface area contributed by atoms with Gasteiger partial charge in [-0.3, -0.25) is 4.79 Å². The fraction of sp³-hybridized carbons (Fsp3) is 0.632. The number of ether oxygens (including phenoxy) is 2. The lowest BCUT2D eigenvalue weighted by molar-refractivity contribution is -0.136. The Bertz CT molecular complexity index is 549. The van der Waals surface area contributed by atoms with Crippen LogP contribution < -0.4 is 9.47 Å². The van der Waals surface area contributed by atoms with E-state index < -0.39 is 0 Å². The van der Waals surface area contributed by atoms with Gasteiger partial charge >= 0.3 is 0 Å². The summed E-state index contributed by atoms with van der Waals surface area (Å²) in [6, 6.07) is 5.81. The summed E-state index contributed by atoms with van der Waals surface area (Å²) >= 11 is 1.80. The highest BCUT2D eigenvalue weighted by atomic mass is 32.2. The van der Waals surface area contributed by atoms with Crippen LogP contribution in [0.3, 0.4) is 0 Å². The third-order valence-electron chi connectivity index (χ3n) is 4.63. The van der Waals surface area contributed by atoms with Crippen molar-refractivity contribution in [1.82, 2.24) is 4.90 Å². The lowest BCUT2D eigenvalue weighted by Gasteiger charge is -2.29. The third-order valence-corrected chi connectivity index (χ3v) is 5.87. The predicted octanol–water partition coefficient (Wildman–Crippen LogP) is 4.49. The van der Waals surface area contributed by atoms with Gasteiger partial charge in [0.15, 0.2) is 0 Å². The second-order valence-corrected chi connectivity index (χ2v) is 7.30. The van der Waals surface area contributed by atoms with E-state index in [1.54, 1.807) is 26.0 Å². The van der Waals surface area contributed by atoms with Crippen LogP contribution in [-0.4, -0.2) is 37.3 Å². The Kier molecular flexibility index (Phi) is 7.28. The maximum Gasteiger partial charge on any atom is 0.226 e. The molecule has 2 rings (SSSR count). The van der Waals surface area contributed by atoms with Crippen LogP contribution in [0.2, 0.25) is 0 Å². The van der Waals surface area contributed by atoms with Gasteiger partial charge < -0.3 is 14.4 Å². The lowest BCUT2D eigenvalue weighted by Crippen LogP contribution is -2.35. The van der Waals surface area contributed by atoms with Crippen molar-refractivity contribution in [2.45, 2.75) is 44.9 Å². The molecule has 0 radical (unpaired) electrons. The Balaban J connectivity index is 2.25. The number of carbonyl (C=O) groups is 1. The molecule has 24 heavy (non-hydrogen) atoms. The molecule has 1 fully saturated rings. The highest BCUT2D eigenvalue weighted by molar-refractivity contribution is 7.99. The molecule has 0 N–H and O–H groups in total. The van der Waals surface area contributed by atoms with Crippen molar-refractivity contribution in [3.8, 4) is 11.5 Å². The molecule has 0 saturated carbocycles. The van der Waals surface area contributed by atoms with E-state index in [9.17, 15) is 4.79 Å². The SMILES string of the molecule is CCCC[C@H](CC)C(=O)N1CCS[C@@H]1c1cc(OC)ccc1OC. The van der Waals surface area contributed by atoms with E-state index in [-0.39, 0.29) is 17.2 Å². The van der Waals surface area contributed by atoms with E-state index in [1.807, 2.05) is 23.1 Å². The van der Waals surface area contributed by atoms with Gasteiger partial charge in [-0.1, -0.05) is 26.7 Å². The first-order valence-electron chi connectivity index (χ1n) is 8.80. The first-order valence-corrected chi connectivity index (χ1v) is 9.85. The highest BCUT2D eigenvalue weighted by Crippen LogP contribution is 2.44. The van der Waals surface area contributed by atoms with Crippen molar-refractivity contribution in [3.05, 3.63) is 23.8 Å². The van der Waals surface area contributed by atoms with Crippen LogP contribution in [-0.2, 0) is 4.79 Å². The van der Waals surface area contributed by atoms with Gasteiger partial charge in [-0.2, -0.15) is 0 Å². The Hall–Kier alpha value is -1.36. The number of nitrogens with zero attached hydrogens (tertiary/aromatic N) is 1. The first-order chi connectivity index (χ1) is 11.7. The summed E-state index contributed by atoms with van der Waals surface area (Å²) in [5, 5.41) is 0.0122. The van der Waals surface area contributed by atoms with Crippen LogP contribution >= 0.6 is 11.8 Å². The molecule has 0 aromatic heterocycles. The average molecular weight is 352 g/mol. The molecule has 1 aromatic carbocycles. The minimum absolute atomic E-state index is 0.0122. The van der Waals surface area contributed by atoms with Crippen LogP contribution in [0.1, 0.15) is 50.5 Å². The van der Waals surface area contributed by atoms with E-state index in [4.69, 9.17) is 9.47 Å². The zero-order valence-electron chi connectivity index (χ0n) is 15.2. The molecular weight excluding hydrogens is 322 g/mol. The minimum atomic E-state index is 0.0122. The van der Waals surface area contributed by atoms with Crippen LogP contribution in [0.15, 0.2) is 18.2 Å². The Labute approximate surface area is 149 Å². The van der Waals surface area contributed by atoms with E-state index in [1.165, 1.54) is 0 Å². The molecular formula is C19H29NO3S. The number of carbonyl (C=O) groups excluding carboxylic acids is 1. The first kappa shape index (κ1) is 19.0. The molecule has 5 heteroatoms. The van der Waals surface area contributed by atoms with Crippen molar-refractivity contribution in [3.63, 3.8) is 0 Å². The molecule has 1 aliphatic rings. The largest absolute Gasteiger partial charge is 0.497 e. The molecule has 2 atom stereocenters. The number of rotatable bonds is 8. The fourth-order valence-corrected chi connectivity index (χ4v) is 4.45. The van der Waals surface area contributed by atoms with Crippen molar-refractivity contribution in [1.29, 1.82) is 0 Å². The number of thioether (sulfide) groups is 1. The van der Waals surface area contributed by atoms with Crippen LogP contribution in [0.5, 0.6) is 11.5 Å². The molecule has 1 amide bonds. The number of hydrogen-bond donors (Lipinski definition) is 0. The molecule has 0 aliphatic carbocycles. The summed E-state index contributed by atoms with van der Waals surface area (Å²) in [5.74, 6) is 2.98. The predicted molar refractivity (Wildman–Crippen MR) is 99.8 cm³/mol. The zero-order chi connectivity index (χ0) is 17.5. The Morgan fingerprint density at radius 2 is 2.12 bits per heavy atom.